The lowest BCUT2D eigenvalue weighted by Crippen LogP contribution is -2.29. The molecule has 0 spiro atoms. The van der Waals surface area contributed by atoms with Crippen molar-refractivity contribution in [2.75, 3.05) is 10.6 Å². The first-order valence-electron chi connectivity index (χ1n) is 20.5. The number of amides is 3. The summed E-state index contributed by atoms with van der Waals surface area (Å²) >= 11 is 0.909. The van der Waals surface area contributed by atoms with Gasteiger partial charge >= 0.3 is 0 Å². The second-order valence-electron chi connectivity index (χ2n) is 16.8. The normalized spacial score (nSPS) is 11.4. The Hall–Kier alpha value is -6.49. The zero-order valence-electron chi connectivity index (χ0n) is 37.3. The molecule has 6 aromatic carbocycles. The number of anilines is 2. The largest absolute Gasteiger partial charge is 0.489 e. The van der Waals surface area contributed by atoms with Gasteiger partial charge in [0.25, 0.3) is 21.8 Å². The van der Waals surface area contributed by atoms with E-state index in [1.165, 1.54) is 29.3 Å². The molecule has 0 fully saturated rings. The molecule has 0 aromatic heterocycles. The van der Waals surface area contributed by atoms with Crippen LogP contribution in [0.2, 0.25) is 0 Å². The third-order valence-corrected chi connectivity index (χ3v) is 11.8. The quantitative estimate of drug-likeness (QED) is 0.0437. The Bertz CT molecular complexity index is 2680. The Kier molecular flexibility index (Phi) is 17.1. The Labute approximate surface area is 385 Å². The maximum Gasteiger partial charge on any atom is 0.266 e. The zero-order chi connectivity index (χ0) is 47.2. The summed E-state index contributed by atoms with van der Waals surface area (Å²) in [5.41, 5.74) is 6.18. The molecule has 15 heteroatoms. The summed E-state index contributed by atoms with van der Waals surface area (Å²) in [7, 11) is -4.12. The van der Waals surface area contributed by atoms with Gasteiger partial charge in [-0.25, -0.2) is 13.1 Å². The van der Waals surface area contributed by atoms with Gasteiger partial charge in [0.2, 0.25) is 5.91 Å². The summed E-state index contributed by atoms with van der Waals surface area (Å²) in [5.74, 6) is 4.52. The van der Waals surface area contributed by atoms with E-state index in [2.05, 4.69) is 97.9 Å². The molecular formula is C50H54N4O9S2. The van der Waals surface area contributed by atoms with Gasteiger partial charge < -0.3 is 20.1 Å². The van der Waals surface area contributed by atoms with Crippen LogP contribution in [0.4, 0.5) is 11.4 Å². The van der Waals surface area contributed by atoms with Crippen LogP contribution in [-0.2, 0) is 48.2 Å². The molecule has 0 aliphatic carbocycles. The van der Waals surface area contributed by atoms with Gasteiger partial charge in [0, 0.05) is 18.1 Å². The topological polar surface area (TPSA) is 184 Å². The number of rotatable bonds is 15. The maximum absolute atomic E-state index is 12.8. The lowest BCUT2D eigenvalue weighted by molar-refractivity contribution is -0.195. The number of nitrogens with two attached hydrogens (primary N) is 1. The van der Waals surface area contributed by atoms with Crippen LogP contribution in [0.1, 0.15) is 91.4 Å². The third kappa shape index (κ3) is 15.1. The molecule has 0 bridgehead atoms. The molecule has 0 atom stereocenters. The highest BCUT2D eigenvalue weighted by Gasteiger charge is 2.21. The summed E-state index contributed by atoms with van der Waals surface area (Å²) in [6.07, 6.45) is 0. The van der Waals surface area contributed by atoms with E-state index in [0.717, 1.165) is 30.1 Å². The van der Waals surface area contributed by atoms with Crippen molar-refractivity contribution in [3.63, 3.8) is 0 Å². The van der Waals surface area contributed by atoms with E-state index in [9.17, 15) is 22.8 Å². The van der Waals surface area contributed by atoms with Crippen molar-refractivity contribution in [3.05, 3.63) is 179 Å². The van der Waals surface area contributed by atoms with Crippen molar-refractivity contribution >= 4 is 51.2 Å². The average molecular weight is 919 g/mol. The second kappa shape index (κ2) is 22.4. The van der Waals surface area contributed by atoms with E-state index < -0.39 is 21.8 Å². The molecule has 6 aromatic rings. The highest BCUT2D eigenvalue weighted by Crippen LogP contribution is 2.29. The number of benzene rings is 6. The molecule has 0 unspecified atom stereocenters. The van der Waals surface area contributed by atoms with E-state index in [-0.39, 0.29) is 27.3 Å². The smallest absolute Gasteiger partial charge is 0.266 e. The predicted octanol–water partition coefficient (Wildman–Crippen LogP) is 10.3. The molecule has 6 rings (SSSR count). The maximum atomic E-state index is 12.8. The molecule has 13 nitrogen and oxygen atoms in total. The molecular weight excluding hydrogens is 865 g/mol. The van der Waals surface area contributed by atoms with Crippen LogP contribution in [-0.4, -0.2) is 26.1 Å². The first-order chi connectivity index (χ1) is 30.8. The van der Waals surface area contributed by atoms with Crippen LogP contribution >= 0.6 is 12.0 Å². The van der Waals surface area contributed by atoms with Crippen LogP contribution in [0, 0.1) is 0 Å². The number of hydrogen-bond donors (Lipinski definition) is 4. The number of ether oxygens (including phenoxy) is 2. The standard InChI is InChI=1S/C26H28N2O5S.C24H26N2O4S/c1-18(29)28-34(31,32)24-11-6-5-10-23(24)27-25(30)20-8-7-9-22(16-20)33-17-19-12-14-21(15-13-19)26(2,3)4;1-24(2,3)19-13-11-17(12-14-19)16-28-20-8-6-7-18(15-20)23(27)26-21-9-4-5-10-22(21)31-30-29-25/h5-16H,17H2,1-4H3,(H,27,30)(H,28,29);4-15H,16,25H2,1-3H3,(H,26,27). The minimum Gasteiger partial charge on any atom is -0.489 e. The number of carbonyl (C=O) groups is 3. The molecule has 340 valence electrons. The summed E-state index contributed by atoms with van der Waals surface area (Å²) in [6, 6.07) is 43.3. The lowest BCUT2D eigenvalue weighted by Gasteiger charge is -2.19. The Balaban J connectivity index is 0.000000245. The molecule has 5 N–H and O–H groups in total. The summed E-state index contributed by atoms with van der Waals surface area (Å²) in [4.78, 5) is 41.4. The number of sulfonamides is 1. The van der Waals surface area contributed by atoms with Crippen LogP contribution in [0.25, 0.3) is 0 Å². The van der Waals surface area contributed by atoms with Gasteiger partial charge in [0.15, 0.2) is 0 Å². The van der Waals surface area contributed by atoms with Gasteiger partial charge in [0.1, 0.15) is 29.6 Å². The van der Waals surface area contributed by atoms with Gasteiger partial charge in [-0.05, 0) is 93.7 Å². The highest BCUT2D eigenvalue weighted by atomic mass is 32.2. The van der Waals surface area contributed by atoms with Crippen molar-refractivity contribution in [2.45, 2.75) is 82.3 Å². The van der Waals surface area contributed by atoms with E-state index in [1.807, 2.05) is 35.1 Å². The van der Waals surface area contributed by atoms with Crippen molar-refractivity contribution in [1.29, 1.82) is 0 Å². The molecule has 0 aliphatic rings. The SMILES string of the molecule is CC(=O)NS(=O)(=O)c1ccccc1NC(=O)c1cccc(OCc2ccc(C(C)(C)C)cc2)c1.CC(C)(C)c1ccc(COc2cccc(C(=O)Nc3ccccc3SOON)c2)cc1. The summed E-state index contributed by atoms with van der Waals surface area (Å²) in [5, 5.41) is 5.47. The van der Waals surface area contributed by atoms with Gasteiger partial charge in [0.05, 0.1) is 28.3 Å². The average Bonchev–Trinajstić information content (AvgIpc) is 3.27. The van der Waals surface area contributed by atoms with Crippen molar-refractivity contribution in [1.82, 2.24) is 4.72 Å². The summed E-state index contributed by atoms with van der Waals surface area (Å²) in [6.45, 7) is 14.9. The molecule has 65 heavy (non-hydrogen) atoms. The zero-order valence-corrected chi connectivity index (χ0v) is 39.0. The van der Waals surface area contributed by atoms with Crippen LogP contribution in [0.3, 0.4) is 0 Å². The fraction of sp³-hybridized carbons (Fsp3) is 0.220. The van der Waals surface area contributed by atoms with Crippen molar-refractivity contribution in [3.8, 4) is 11.5 Å². The molecule has 0 heterocycles. The predicted molar refractivity (Wildman–Crippen MR) is 254 cm³/mol. The molecule has 0 aliphatic heterocycles. The van der Waals surface area contributed by atoms with E-state index >= 15 is 0 Å². The third-order valence-electron chi connectivity index (χ3n) is 9.64. The molecule has 0 saturated carbocycles. The Morgan fingerprint density at radius 2 is 1.03 bits per heavy atom. The number of para-hydroxylation sites is 2. The number of hydrogen-bond acceptors (Lipinski definition) is 11. The van der Waals surface area contributed by atoms with E-state index in [0.29, 0.717) is 46.4 Å². The van der Waals surface area contributed by atoms with Gasteiger partial charge in [-0.3, -0.25) is 14.4 Å². The lowest BCUT2D eigenvalue weighted by atomic mass is 9.87. The van der Waals surface area contributed by atoms with E-state index in [4.69, 9.17) is 15.4 Å². The van der Waals surface area contributed by atoms with Crippen LogP contribution < -0.4 is 30.7 Å². The molecule has 0 radical (unpaired) electrons. The van der Waals surface area contributed by atoms with Gasteiger partial charge in [-0.2, -0.15) is 5.90 Å². The number of nitrogens with one attached hydrogen (secondary N) is 3. The monoisotopic (exact) mass is 918 g/mol. The first kappa shape index (κ1) is 49.5. The molecule has 3 amide bonds. The second-order valence-corrected chi connectivity index (χ2v) is 19.2. The first-order valence-corrected chi connectivity index (χ1v) is 22.7. The minimum atomic E-state index is -4.12. The molecule has 0 saturated heterocycles. The Morgan fingerprint density at radius 3 is 1.49 bits per heavy atom. The van der Waals surface area contributed by atoms with E-state index in [1.54, 1.807) is 60.7 Å². The van der Waals surface area contributed by atoms with Crippen molar-refractivity contribution < 1.29 is 41.6 Å². The highest BCUT2D eigenvalue weighted by molar-refractivity contribution is 7.94. The fourth-order valence-electron chi connectivity index (χ4n) is 6.13. The minimum absolute atomic E-state index is 0.0616. The fourth-order valence-corrected chi connectivity index (χ4v) is 7.74. The van der Waals surface area contributed by atoms with Crippen LogP contribution in [0.5, 0.6) is 11.5 Å². The van der Waals surface area contributed by atoms with Gasteiger partial charge in [-0.15, -0.1) is 9.32 Å². The Morgan fingerprint density at radius 1 is 0.585 bits per heavy atom. The summed E-state index contributed by atoms with van der Waals surface area (Å²) < 4.78 is 43.2. The van der Waals surface area contributed by atoms with Crippen molar-refractivity contribution in [2.24, 2.45) is 5.90 Å². The van der Waals surface area contributed by atoms with Crippen LogP contribution in [0.15, 0.2) is 155 Å². The van der Waals surface area contributed by atoms with Gasteiger partial charge in [-0.1, -0.05) is 126 Å². The number of carbonyl (C=O) groups excluding carboxylic acids is 3.